The van der Waals surface area contributed by atoms with Crippen LogP contribution in [0.15, 0.2) is 41.2 Å². The predicted octanol–water partition coefficient (Wildman–Crippen LogP) is 4.38. The van der Waals surface area contributed by atoms with Gasteiger partial charge in [0.15, 0.2) is 0 Å². The molecule has 3 aromatic rings. The molecule has 0 saturated heterocycles. The maximum Gasteiger partial charge on any atom is 0.419 e. The number of nitrogens with zero attached hydrogens (tertiary/aromatic N) is 2. The number of anilines is 3. The number of fused-ring (bicyclic) bond motifs is 8. The van der Waals surface area contributed by atoms with Gasteiger partial charge in [-0.2, -0.15) is 13.2 Å². The molecule has 1 amide bonds. The van der Waals surface area contributed by atoms with E-state index in [0.29, 0.717) is 53.3 Å². The second-order valence-electron chi connectivity index (χ2n) is 8.49. The number of amides is 1. The molecule has 11 heteroatoms. The lowest BCUT2D eigenvalue weighted by atomic mass is 10.0. The van der Waals surface area contributed by atoms with Gasteiger partial charge >= 0.3 is 6.18 Å². The molecule has 2 N–H and O–H groups in total. The maximum atomic E-state index is 14.6. The van der Waals surface area contributed by atoms with Gasteiger partial charge in [0.25, 0.3) is 11.5 Å². The molecule has 2 aromatic carbocycles. The van der Waals surface area contributed by atoms with Crippen molar-refractivity contribution in [3.63, 3.8) is 0 Å². The fourth-order valence-electron chi connectivity index (χ4n) is 4.48. The number of rotatable bonds is 0. The van der Waals surface area contributed by atoms with E-state index in [1.165, 1.54) is 34.1 Å². The summed E-state index contributed by atoms with van der Waals surface area (Å²) in [5, 5.41) is 3.15. The summed E-state index contributed by atoms with van der Waals surface area (Å²) in [6, 6.07) is 6.61. The molecule has 35 heavy (non-hydrogen) atoms. The maximum absolute atomic E-state index is 14.6. The van der Waals surface area contributed by atoms with Crippen molar-refractivity contribution in [1.82, 2.24) is 10.3 Å². The molecule has 2 aliphatic rings. The summed E-state index contributed by atoms with van der Waals surface area (Å²) in [6.45, 7) is 1.93. The van der Waals surface area contributed by atoms with Crippen molar-refractivity contribution < 1.29 is 26.7 Å². The Hall–Kier alpha value is -3.73. The van der Waals surface area contributed by atoms with Crippen molar-refractivity contribution >= 4 is 23.0 Å². The fourth-order valence-corrected chi connectivity index (χ4v) is 4.48. The van der Waals surface area contributed by atoms with Crippen LogP contribution in [0.5, 0.6) is 0 Å². The van der Waals surface area contributed by atoms with Crippen LogP contribution in [0.25, 0.3) is 0 Å². The highest BCUT2D eigenvalue weighted by Crippen LogP contribution is 2.42. The number of benzene rings is 2. The number of H-pyrrole nitrogens is 1. The van der Waals surface area contributed by atoms with Crippen LogP contribution in [0.4, 0.5) is 39.0 Å². The minimum atomic E-state index is -5.01. The first-order valence-electron chi connectivity index (χ1n) is 10.8. The summed E-state index contributed by atoms with van der Waals surface area (Å²) in [5.74, 6) is -2.81. The Bertz CT molecular complexity index is 1420. The van der Waals surface area contributed by atoms with Crippen molar-refractivity contribution in [2.45, 2.75) is 26.1 Å². The number of hydrogen-bond acceptors (Lipinski definition) is 4. The van der Waals surface area contributed by atoms with E-state index < -0.39 is 29.3 Å². The SMILES string of the molecule is Cc1cc2c([nH]c1=O)CCNCc1cc(F)ccc1N1CN2C(=O)c2cc(C(F)(F)F)c(F)cc21. The summed E-state index contributed by atoms with van der Waals surface area (Å²) < 4.78 is 69.2. The Labute approximate surface area is 196 Å². The third kappa shape index (κ3) is 3.95. The molecule has 2 bridgehead atoms. The zero-order valence-corrected chi connectivity index (χ0v) is 18.4. The first-order chi connectivity index (χ1) is 16.5. The summed E-state index contributed by atoms with van der Waals surface area (Å²) in [6.07, 6.45) is -4.72. The standard InChI is InChI=1S/C24H19F5N4O2/c1-12-6-21-18(31-22(12)34)4-5-30-10-13-7-14(25)2-3-19(13)32-11-33(21)23(35)15-8-16(24(27,28)29)17(26)9-20(15)32/h2-3,6-9,30H,4-5,10-11H2,1H3,(H,31,34). The Kier molecular flexibility index (Phi) is 5.39. The summed E-state index contributed by atoms with van der Waals surface area (Å²) in [5.41, 5.74) is -0.402. The highest BCUT2D eigenvalue weighted by atomic mass is 19.4. The lowest BCUT2D eigenvalue weighted by Gasteiger charge is -2.39. The van der Waals surface area contributed by atoms with Crippen molar-refractivity contribution in [3.8, 4) is 0 Å². The van der Waals surface area contributed by atoms with Crippen LogP contribution in [-0.2, 0) is 19.1 Å². The smallest absolute Gasteiger partial charge is 0.324 e. The number of aromatic nitrogens is 1. The molecule has 0 radical (unpaired) electrons. The summed E-state index contributed by atoms with van der Waals surface area (Å²) in [7, 11) is 0. The average Bonchev–Trinajstić information content (AvgIpc) is 2.80. The van der Waals surface area contributed by atoms with Crippen molar-refractivity contribution in [2.24, 2.45) is 0 Å². The van der Waals surface area contributed by atoms with Gasteiger partial charge in [-0.1, -0.05) is 0 Å². The predicted molar refractivity (Wildman–Crippen MR) is 119 cm³/mol. The average molecular weight is 490 g/mol. The highest BCUT2D eigenvalue weighted by Gasteiger charge is 2.40. The molecule has 5 rings (SSSR count). The van der Waals surface area contributed by atoms with Crippen LogP contribution in [0.2, 0.25) is 0 Å². The van der Waals surface area contributed by atoms with E-state index in [4.69, 9.17) is 0 Å². The first-order valence-corrected chi connectivity index (χ1v) is 10.8. The lowest BCUT2D eigenvalue weighted by molar-refractivity contribution is -0.140. The molecule has 0 aliphatic carbocycles. The number of alkyl halides is 3. The van der Waals surface area contributed by atoms with Crippen LogP contribution in [0.3, 0.4) is 0 Å². The molecule has 2 aliphatic heterocycles. The molecule has 182 valence electrons. The number of aromatic amines is 1. The van der Waals surface area contributed by atoms with E-state index in [1.807, 2.05) is 0 Å². The number of carbonyl (C=O) groups excluding carboxylic acids is 1. The van der Waals surface area contributed by atoms with Crippen LogP contribution >= 0.6 is 0 Å². The molecule has 6 nitrogen and oxygen atoms in total. The molecule has 0 unspecified atom stereocenters. The normalized spacial score (nSPS) is 15.8. The fraction of sp³-hybridized carbons (Fsp3) is 0.250. The molecule has 1 aromatic heterocycles. The number of nitrogens with one attached hydrogen (secondary N) is 2. The van der Waals surface area contributed by atoms with Gasteiger partial charge in [0.2, 0.25) is 0 Å². The van der Waals surface area contributed by atoms with Gasteiger partial charge in [0.05, 0.1) is 22.5 Å². The van der Waals surface area contributed by atoms with E-state index in [1.54, 1.807) is 6.92 Å². The number of hydrogen-bond donors (Lipinski definition) is 2. The van der Waals surface area contributed by atoms with Gasteiger partial charge in [-0.3, -0.25) is 14.5 Å². The molecular weight excluding hydrogens is 471 g/mol. The Morgan fingerprint density at radius 2 is 1.71 bits per heavy atom. The Morgan fingerprint density at radius 3 is 2.46 bits per heavy atom. The van der Waals surface area contributed by atoms with E-state index in [-0.39, 0.29) is 30.0 Å². The minimum Gasteiger partial charge on any atom is -0.324 e. The zero-order valence-electron chi connectivity index (χ0n) is 18.4. The van der Waals surface area contributed by atoms with E-state index in [2.05, 4.69) is 10.3 Å². The van der Waals surface area contributed by atoms with Gasteiger partial charge in [0, 0.05) is 36.5 Å². The largest absolute Gasteiger partial charge is 0.419 e. The number of pyridine rings is 1. The van der Waals surface area contributed by atoms with Crippen LogP contribution in [0.1, 0.15) is 32.7 Å². The zero-order chi connectivity index (χ0) is 25.1. The highest BCUT2D eigenvalue weighted by molar-refractivity contribution is 6.13. The van der Waals surface area contributed by atoms with E-state index in [0.717, 1.165) is 0 Å². The lowest BCUT2D eigenvalue weighted by Crippen LogP contribution is -2.46. The van der Waals surface area contributed by atoms with Crippen LogP contribution in [-0.4, -0.2) is 24.1 Å². The van der Waals surface area contributed by atoms with E-state index >= 15 is 0 Å². The number of aryl methyl sites for hydroxylation is 1. The quantitative estimate of drug-likeness (QED) is 0.459. The van der Waals surface area contributed by atoms with E-state index in [9.17, 15) is 31.5 Å². The second-order valence-corrected chi connectivity index (χ2v) is 8.49. The number of halogens is 5. The first kappa shape index (κ1) is 23.0. The van der Waals surface area contributed by atoms with Crippen molar-refractivity contribution in [1.29, 1.82) is 0 Å². The van der Waals surface area contributed by atoms with Gasteiger partial charge in [0.1, 0.15) is 18.3 Å². The summed E-state index contributed by atoms with van der Waals surface area (Å²) >= 11 is 0. The van der Waals surface area contributed by atoms with Crippen molar-refractivity contribution in [2.75, 3.05) is 23.0 Å². The Balaban J connectivity index is 1.80. The third-order valence-corrected chi connectivity index (χ3v) is 6.22. The molecule has 0 saturated carbocycles. The van der Waals surface area contributed by atoms with Crippen LogP contribution in [0, 0.1) is 18.6 Å². The molecular formula is C24H19F5N4O2. The third-order valence-electron chi connectivity index (χ3n) is 6.22. The molecule has 3 heterocycles. The minimum absolute atomic E-state index is 0.0634. The van der Waals surface area contributed by atoms with Crippen LogP contribution < -0.4 is 20.7 Å². The molecule has 0 spiro atoms. The van der Waals surface area contributed by atoms with Gasteiger partial charge in [-0.15, -0.1) is 0 Å². The summed E-state index contributed by atoms with van der Waals surface area (Å²) in [4.78, 5) is 31.3. The van der Waals surface area contributed by atoms with Crippen molar-refractivity contribution in [3.05, 3.63) is 86.3 Å². The molecule has 0 fully saturated rings. The van der Waals surface area contributed by atoms with Gasteiger partial charge < -0.3 is 15.2 Å². The molecule has 0 atom stereocenters. The van der Waals surface area contributed by atoms with Gasteiger partial charge in [-0.05, 0) is 48.9 Å². The Morgan fingerprint density at radius 1 is 0.943 bits per heavy atom. The van der Waals surface area contributed by atoms with Gasteiger partial charge in [-0.25, -0.2) is 8.78 Å². The second kappa shape index (κ2) is 8.19. The topological polar surface area (TPSA) is 68.4 Å². The monoisotopic (exact) mass is 490 g/mol. The number of carbonyl (C=O) groups is 1.